The van der Waals surface area contributed by atoms with Gasteiger partial charge in [-0.2, -0.15) is 5.10 Å². The lowest BCUT2D eigenvalue weighted by Crippen LogP contribution is -2.53. The second kappa shape index (κ2) is 16.5. The van der Waals surface area contributed by atoms with Crippen LogP contribution >= 0.6 is 0 Å². The van der Waals surface area contributed by atoms with Crippen molar-refractivity contribution in [1.29, 1.82) is 0 Å². The van der Waals surface area contributed by atoms with Crippen LogP contribution in [-0.2, 0) is 22.6 Å². The summed E-state index contributed by atoms with van der Waals surface area (Å²) < 4.78 is 28.0. The number of hydrogen-bond acceptors (Lipinski definition) is 10. The smallest absolute Gasteiger partial charge is 0.410 e. The molecule has 2 unspecified atom stereocenters. The molecular formula is C43H54N8O5. The average Bonchev–Trinajstić information content (AvgIpc) is 3.84. The van der Waals surface area contributed by atoms with Crippen molar-refractivity contribution in [2.24, 2.45) is 5.92 Å². The molecule has 2 atom stereocenters. The van der Waals surface area contributed by atoms with Crippen LogP contribution in [-0.4, -0.2) is 85.7 Å². The van der Waals surface area contributed by atoms with Gasteiger partial charge in [-0.15, -0.1) is 5.10 Å². The monoisotopic (exact) mass is 762 g/mol. The molecule has 3 aliphatic rings. The second-order valence-corrected chi connectivity index (χ2v) is 16.4. The predicted octanol–water partition coefficient (Wildman–Crippen LogP) is 8.03. The normalized spacial score (nSPS) is 19.1. The second-order valence-electron chi connectivity index (χ2n) is 16.4. The number of hydrogen-bond donors (Lipinski definition) is 0. The number of benzene rings is 2. The molecule has 0 radical (unpaired) electrons. The summed E-state index contributed by atoms with van der Waals surface area (Å²) in [5.41, 5.74) is 4.75. The van der Waals surface area contributed by atoms with Crippen LogP contribution in [0.2, 0.25) is 0 Å². The summed E-state index contributed by atoms with van der Waals surface area (Å²) in [4.78, 5) is 23.0. The summed E-state index contributed by atoms with van der Waals surface area (Å²) >= 11 is 0. The van der Waals surface area contributed by atoms with E-state index in [2.05, 4.69) is 33.4 Å². The van der Waals surface area contributed by atoms with E-state index < -0.39 is 5.60 Å². The summed E-state index contributed by atoms with van der Waals surface area (Å²) in [5.74, 6) is 1.81. The molecule has 13 nitrogen and oxygen atoms in total. The highest BCUT2D eigenvalue weighted by molar-refractivity contribution is 5.95. The van der Waals surface area contributed by atoms with Crippen LogP contribution < -0.4 is 14.4 Å². The van der Waals surface area contributed by atoms with Crippen molar-refractivity contribution < 1.29 is 23.7 Å². The van der Waals surface area contributed by atoms with E-state index in [1.165, 1.54) is 6.42 Å². The van der Waals surface area contributed by atoms with Crippen LogP contribution in [0.1, 0.15) is 89.6 Å². The van der Waals surface area contributed by atoms with E-state index in [0.29, 0.717) is 42.9 Å². The van der Waals surface area contributed by atoms with Gasteiger partial charge >= 0.3 is 6.09 Å². The number of methoxy groups -OCH3 is 1. The number of nitrogens with zero attached hydrogens (tertiary/aromatic N) is 8. The summed E-state index contributed by atoms with van der Waals surface area (Å²) in [6, 6.07) is 18.3. The van der Waals surface area contributed by atoms with E-state index in [1.807, 2.05) is 79.1 Å². The highest BCUT2D eigenvalue weighted by atomic mass is 16.6. The number of rotatable bonds is 12. The van der Waals surface area contributed by atoms with E-state index in [9.17, 15) is 4.79 Å². The number of amides is 1. The van der Waals surface area contributed by atoms with Gasteiger partial charge in [0.15, 0.2) is 6.23 Å². The van der Waals surface area contributed by atoms with Crippen molar-refractivity contribution in [2.75, 3.05) is 38.3 Å². The topological polar surface area (TPSA) is 122 Å². The molecule has 1 saturated carbocycles. The van der Waals surface area contributed by atoms with Crippen molar-refractivity contribution in [3.63, 3.8) is 0 Å². The Balaban J connectivity index is 1.05. The Labute approximate surface area is 328 Å². The summed E-state index contributed by atoms with van der Waals surface area (Å²) in [6.07, 6.45) is 12.0. The van der Waals surface area contributed by atoms with Crippen LogP contribution in [0.15, 0.2) is 67.0 Å². The largest absolute Gasteiger partial charge is 0.497 e. The summed E-state index contributed by atoms with van der Waals surface area (Å²) in [7, 11) is 1.67. The predicted molar refractivity (Wildman–Crippen MR) is 214 cm³/mol. The van der Waals surface area contributed by atoms with E-state index >= 15 is 0 Å². The van der Waals surface area contributed by atoms with Gasteiger partial charge in [0.1, 0.15) is 23.7 Å². The Kier molecular flexibility index (Phi) is 11.1. The molecule has 8 rings (SSSR count). The number of aromatic nitrogens is 6. The van der Waals surface area contributed by atoms with Gasteiger partial charge < -0.3 is 28.7 Å². The lowest BCUT2D eigenvalue weighted by molar-refractivity contribution is -0.0366. The molecule has 5 aromatic rings. The molecule has 2 saturated heterocycles. The molecule has 56 heavy (non-hydrogen) atoms. The molecule has 3 aromatic heterocycles. The van der Waals surface area contributed by atoms with Gasteiger partial charge in [0, 0.05) is 43.3 Å². The molecule has 13 heteroatoms. The van der Waals surface area contributed by atoms with Crippen molar-refractivity contribution >= 4 is 22.7 Å². The zero-order chi connectivity index (χ0) is 38.6. The highest BCUT2D eigenvalue weighted by Crippen LogP contribution is 2.36. The Morgan fingerprint density at radius 2 is 1.86 bits per heavy atom. The fraction of sp³-hybridized carbons (Fsp3) is 0.512. The fourth-order valence-electron chi connectivity index (χ4n) is 7.97. The molecular weight excluding hydrogens is 709 g/mol. The standard InChI is InChI=1S/C43H54N8O5/c1-43(2,3)56-42(52)50(25-30-14-10-15-30)33-16-11-20-48(27-33)38-19-18-32(45-41(38)55-29-31-12-6-5-7-13-31)26-49-28-37(46-47-49)35-22-34(53-4)23-39-36(35)24-44-51(39)40-17-8-9-21-54-40/h5-7,12-13,18-19,22-24,28,30,33,40H,8-11,14-17,20-21,25-27,29H2,1-4H3. The van der Waals surface area contributed by atoms with Crippen LogP contribution in [0.3, 0.4) is 0 Å². The van der Waals surface area contributed by atoms with Gasteiger partial charge in [0.2, 0.25) is 5.88 Å². The quantitative estimate of drug-likeness (QED) is 0.124. The van der Waals surface area contributed by atoms with Gasteiger partial charge in [-0.25, -0.2) is 19.1 Å². The van der Waals surface area contributed by atoms with Gasteiger partial charge in [0.25, 0.3) is 0 Å². The minimum Gasteiger partial charge on any atom is -0.497 e. The molecule has 0 N–H and O–H groups in total. The number of piperidine rings is 1. The lowest BCUT2D eigenvalue weighted by Gasteiger charge is -2.43. The first-order valence-corrected chi connectivity index (χ1v) is 20.2. The highest BCUT2D eigenvalue weighted by Gasteiger charge is 2.35. The van der Waals surface area contributed by atoms with Gasteiger partial charge in [-0.1, -0.05) is 42.0 Å². The Morgan fingerprint density at radius 1 is 1.00 bits per heavy atom. The first-order valence-electron chi connectivity index (χ1n) is 20.2. The zero-order valence-electron chi connectivity index (χ0n) is 33.1. The van der Waals surface area contributed by atoms with Gasteiger partial charge in [-0.05, 0) is 95.4 Å². The van der Waals surface area contributed by atoms with Crippen LogP contribution in [0.4, 0.5) is 10.5 Å². The number of pyridine rings is 1. The van der Waals surface area contributed by atoms with E-state index in [0.717, 1.165) is 98.1 Å². The first kappa shape index (κ1) is 37.7. The van der Waals surface area contributed by atoms with Crippen LogP contribution in [0.25, 0.3) is 22.2 Å². The van der Waals surface area contributed by atoms with Crippen molar-refractivity contribution in [3.8, 4) is 22.9 Å². The molecule has 5 heterocycles. The number of ether oxygens (including phenoxy) is 4. The number of carbonyl (C=O) groups excluding carboxylic acids is 1. The maximum absolute atomic E-state index is 13.6. The number of anilines is 1. The minimum atomic E-state index is -0.556. The Morgan fingerprint density at radius 3 is 2.61 bits per heavy atom. The molecule has 2 aromatic carbocycles. The summed E-state index contributed by atoms with van der Waals surface area (Å²) in [6.45, 7) is 9.57. The molecule has 1 aliphatic carbocycles. The molecule has 2 aliphatic heterocycles. The number of carbonyl (C=O) groups is 1. The van der Waals surface area contributed by atoms with E-state index in [1.54, 1.807) is 11.8 Å². The first-order chi connectivity index (χ1) is 27.2. The molecule has 0 spiro atoms. The minimum absolute atomic E-state index is 0.0276. The Hall–Kier alpha value is -5.17. The third kappa shape index (κ3) is 8.62. The van der Waals surface area contributed by atoms with Gasteiger partial charge in [-0.3, -0.25) is 0 Å². The van der Waals surface area contributed by atoms with Crippen LogP contribution in [0.5, 0.6) is 11.6 Å². The van der Waals surface area contributed by atoms with E-state index in [4.69, 9.17) is 29.0 Å². The third-order valence-electron chi connectivity index (χ3n) is 11.1. The fourth-order valence-corrected chi connectivity index (χ4v) is 7.97. The number of fused-ring (bicyclic) bond motifs is 1. The maximum atomic E-state index is 13.6. The van der Waals surface area contributed by atoms with Crippen molar-refractivity contribution in [1.82, 2.24) is 34.7 Å². The molecule has 3 fully saturated rings. The van der Waals surface area contributed by atoms with Crippen molar-refractivity contribution in [2.45, 2.75) is 103 Å². The molecule has 0 bridgehead atoms. The molecule has 1 amide bonds. The van der Waals surface area contributed by atoms with Crippen molar-refractivity contribution in [3.05, 3.63) is 78.2 Å². The third-order valence-corrected chi connectivity index (χ3v) is 11.1. The molecule has 296 valence electrons. The zero-order valence-corrected chi connectivity index (χ0v) is 33.1. The lowest BCUT2D eigenvalue weighted by atomic mass is 9.84. The van der Waals surface area contributed by atoms with Crippen LogP contribution in [0, 0.1) is 5.92 Å². The summed E-state index contributed by atoms with van der Waals surface area (Å²) in [5, 5.41) is 14.8. The average molecular weight is 763 g/mol. The SMILES string of the molecule is COc1cc(-c2cn(Cc3ccc(N4CCCC(N(CC5CCC5)C(=O)OC(C)(C)C)C4)c(OCc4ccccc4)n3)nn2)c2cnn(C3CCCCO3)c2c1. The maximum Gasteiger partial charge on any atom is 0.410 e. The Bertz CT molecular complexity index is 2100. The van der Waals surface area contributed by atoms with E-state index in [-0.39, 0.29) is 18.4 Å². The van der Waals surface area contributed by atoms with Gasteiger partial charge in [0.05, 0.1) is 49.0 Å².